The molecule has 1 unspecified atom stereocenters. The highest BCUT2D eigenvalue weighted by Crippen LogP contribution is 2.42. The number of nitrogens with two attached hydrogens (primary N) is 1. The van der Waals surface area contributed by atoms with E-state index in [-0.39, 0.29) is 11.8 Å². The van der Waals surface area contributed by atoms with Crippen LogP contribution in [0.5, 0.6) is 5.88 Å². The molecule has 3 rings (SSSR count). The Labute approximate surface area is 130 Å². The molecular weight excluding hydrogens is 334 g/mol. The second kappa shape index (κ2) is 4.90. The van der Waals surface area contributed by atoms with E-state index in [2.05, 4.69) is 32.1 Å². The van der Waals surface area contributed by atoms with Gasteiger partial charge in [0.1, 0.15) is 16.2 Å². The number of nitriles is 1. The molecule has 6 nitrogen and oxygen atoms in total. The summed E-state index contributed by atoms with van der Waals surface area (Å²) >= 11 is 3.36. The molecule has 0 amide bonds. The first kappa shape index (κ1) is 13.6. The third-order valence-corrected chi connectivity index (χ3v) is 3.86. The van der Waals surface area contributed by atoms with Gasteiger partial charge in [-0.25, -0.2) is 9.67 Å². The van der Waals surface area contributed by atoms with Gasteiger partial charge >= 0.3 is 0 Å². The fraction of sp³-hybridized carbons (Fsp3) is 0.214. The number of halogens is 1. The minimum Gasteiger partial charge on any atom is -0.422 e. The Morgan fingerprint density at radius 1 is 1.48 bits per heavy atom. The number of ether oxygens (including phenoxy) is 1. The van der Waals surface area contributed by atoms with Crippen LogP contribution < -0.4 is 10.5 Å². The van der Waals surface area contributed by atoms with Crippen LogP contribution in [0.1, 0.15) is 22.9 Å². The summed E-state index contributed by atoms with van der Waals surface area (Å²) in [6, 6.07) is 7.70. The van der Waals surface area contributed by atoms with Crippen LogP contribution in [0.15, 0.2) is 34.3 Å². The molecule has 7 heteroatoms. The second-order valence-electron chi connectivity index (χ2n) is 4.74. The number of aryl methyl sites for hydroxylation is 2. The SMILES string of the molecule is Cc1nn(C)c2c1C(c1cccc(Br)n1)C(C#N)=C(N)O2. The standard InChI is InChI=1S/C14H12BrN5O/c1-7-11-12(9-4-3-5-10(15)18-9)8(6-16)13(17)21-14(11)20(2)19-7/h3-5,12H,17H2,1-2H3. The minimum absolute atomic E-state index is 0.0970. The van der Waals surface area contributed by atoms with Crippen LogP contribution in [0.3, 0.4) is 0 Å². The maximum Gasteiger partial charge on any atom is 0.224 e. The molecule has 3 heterocycles. The van der Waals surface area contributed by atoms with E-state index >= 15 is 0 Å². The van der Waals surface area contributed by atoms with Crippen molar-refractivity contribution in [2.75, 3.05) is 0 Å². The van der Waals surface area contributed by atoms with Crippen LogP contribution >= 0.6 is 15.9 Å². The number of aromatic nitrogens is 3. The van der Waals surface area contributed by atoms with Gasteiger partial charge in [-0.1, -0.05) is 6.07 Å². The Morgan fingerprint density at radius 2 is 2.24 bits per heavy atom. The molecule has 1 aliphatic rings. The molecule has 1 atom stereocenters. The zero-order chi connectivity index (χ0) is 15.1. The van der Waals surface area contributed by atoms with Crippen molar-refractivity contribution < 1.29 is 4.74 Å². The van der Waals surface area contributed by atoms with Gasteiger partial charge in [-0.15, -0.1) is 0 Å². The van der Waals surface area contributed by atoms with Crippen LogP contribution in [0.2, 0.25) is 0 Å². The third kappa shape index (κ3) is 2.08. The molecule has 2 N–H and O–H groups in total. The predicted molar refractivity (Wildman–Crippen MR) is 79.2 cm³/mol. The van der Waals surface area contributed by atoms with Crippen LogP contribution in [-0.2, 0) is 7.05 Å². The van der Waals surface area contributed by atoms with Crippen LogP contribution in [0, 0.1) is 18.3 Å². The Balaban J connectivity index is 2.28. The first-order valence-corrected chi connectivity index (χ1v) is 7.05. The molecule has 0 spiro atoms. The first-order valence-electron chi connectivity index (χ1n) is 6.26. The van der Waals surface area contributed by atoms with E-state index in [1.54, 1.807) is 11.7 Å². The van der Waals surface area contributed by atoms with E-state index in [0.29, 0.717) is 16.1 Å². The first-order chi connectivity index (χ1) is 10.0. The van der Waals surface area contributed by atoms with Crippen LogP contribution in [-0.4, -0.2) is 14.8 Å². The Bertz CT molecular complexity index is 802. The lowest BCUT2D eigenvalue weighted by Crippen LogP contribution is -2.22. The van der Waals surface area contributed by atoms with Gasteiger partial charge in [-0.05, 0) is 35.0 Å². The van der Waals surface area contributed by atoms with E-state index in [1.165, 1.54) is 0 Å². The summed E-state index contributed by atoms with van der Waals surface area (Å²) in [5.74, 6) is 0.278. The van der Waals surface area contributed by atoms with Crippen molar-refractivity contribution in [2.24, 2.45) is 12.8 Å². The van der Waals surface area contributed by atoms with Crippen molar-refractivity contribution in [2.45, 2.75) is 12.8 Å². The Hall–Kier alpha value is -2.33. The molecule has 2 aromatic rings. The third-order valence-electron chi connectivity index (χ3n) is 3.42. The van der Waals surface area contributed by atoms with Crippen molar-refractivity contribution in [1.82, 2.24) is 14.8 Å². The monoisotopic (exact) mass is 345 g/mol. The lowest BCUT2D eigenvalue weighted by Gasteiger charge is -2.23. The second-order valence-corrected chi connectivity index (χ2v) is 5.55. The summed E-state index contributed by atoms with van der Waals surface area (Å²) in [5.41, 5.74) is 8.60. The molecular formula is C14H12BrN5O. The summed E-state index contributed by atoms with van der Waals surface area (Å²) in [6.45, 7) is 1.88. The fourth-order valence-electron chi connectivity index (χ4n) is 2.55. The summed E-state index contributed by atoms with van der Waals surface area (Å²) in [6.07, 6.45) is 0. The lowest BCUT2D eigenvalue weighted by molar-refractivity contribution is 0.357. The average molecular weight is 346 g/mol. The van der Waals surface area contributed by atoms with Gasteiger partial charge in [0.25, 0.3) is 0 Å². The molecule has 106 valence electrons. The van der Waals surface area contributed by atoms with Crippen molar-refractivity contribution in [3.8, 4) is 11.9 Å². The highest BCUT2D eigenvalue weighted by Gasteiger charge is 2.35. The summed E-state index contributed by atoms with van der Waals surface area (Å²) in [5, 5.41) is 13.8. The highest BCUT2D eigenvalue weighted by atomic mass is 79.9. The van der Waals surface area contributed by atoms with Gasteiger partial charge in [-0.3, -0.25) is 0 Å². The number of hydrogen-bond donors (Lipinski definition) is 1. The van der Waals surface area contributed by atoms with E-state index in [9.17, 15) is 5.26 Å². The highest BCUT2D eigenvalue weighted by molar-refractivity contribution is 9.10. The average Bonchev–Trinajstić information content (AvgIpc) is 2.72. The number of nitrogens with zero attached hydrogens (tertiary/aromatic N) is 4. The smallest absolute Gasteiger partial charge is 0.224 e. The molecule has 0 saturated heterocycles. The largest absolute Gasteiger partial charge is 0.422 e. The zero-order valence-electron chi connectivity index (χ0n) is 11.5. The van der Waals surface area contributed by atoms with Gasteiger partial charge in [0, 0.05) is 7.05 Å². The number of fused-ring (bicyclic) bond motifs is 1. The number of allylic oxidation sites excluding steroid dienone is 1. The summed E-state index contributed by atoms with van der Waals surface area (Å²) in [7, 11) is 1.78. The Morgan fingerprint density at radius 3 is 2.90 bits per heavy atom. The van der Waals surface area contributed by atoms with E-state index in [1.807, 2.05) is 25.1 Å². The van der Waals surface area contributed by atoms with Gasteiger partial charge in [0.15, 0.2) is 0 Å². The maximum atomic E-state index is 9.45. The topological polar surface area (TPSA) is 89.8 Å². The minimum atomic E-state index is -0.370. The predicted octanol–water partition coefficient (Wildman–Crippen LogP) is 2.10. The molecule has 21 heavy (non-hydrogen) atoms. The normalized spacial score (nSPS) is 17.1. The van der Waals surface area contributed by atoms with Crippen LogP contribution in [0.25, 0.3) is 0 Å². The van der Waals surface area contributed by atoms with Gasteiger partial charge in [0.05, 0.1) is 22.9 Å². The molecule has 0 fully saturated rings. The quantitative estimate of drug-likeness (QED) is 0.799. The van der Waals surface area contributed by atoms with Gasteiger partial charge in [0.2, 0.25) is 11.8 Å². The molecule has 0 saturated carbocycles. The zero-order valence-corrected chi connectivity index (χ0v) is 13.0. The van der Waals surface area contributed by atoms with Crippen LogP contribution in [0.4, 0.5) is 0 Å². The maximum absolute atomic E-state index is 9.45. The summed E-state index contributed by atoms with van der Waals surface area (Å²) in [4.78, 5) is 4.46. The van der Waals surface area contributed by atoms with Crippen molar-refractivity contribution >= 4 is 15.9 Å². The fourth-order valence-corrected chi connectivity index (χ4v) is 2.91. The van der Waals surface area contributed by atoms with E-state index < -0.39 is 0 Å². The molecule has 2 aromatic heterocycles. The van der Waals surface area contributed by atoms with Crippen molar-refractivity contribution in [3.05, 3.63) is 51.2 Å². The number of hydrogen-bond acceptors (Lipinski definition) is 5. The number of rotatable bonds is 1. The molecule has 0 radical (unpaired) electrons. The van der Waals surface area contributed by atoms with Gasteiger partial charge in [-0.2, -0.15) is 10.4 Å². The molecule has 0 aromatic carbocycles. The lowest BCUT2D eigenvalue weighted by atomic mass is 9.87. The van der Waals surface area contributed by atoms with E-state index in [0.717, 1.165) is 17.0 Å². The van der Waals surface area contributed by atoms with Gasteiger partial charge < -0.3 is 10.5 Å². The molecule has 0 bridgehead atoms. The number of pyridine rings is 1. The van der Waals surface area contributed by atoms with Crippen molar-refractivity contribution in [1.29, 1.82) is 5.26 Å². The summed E-state index contributed by atoms with van der Waals surface area (Å²) < 4.78 is 7.89. The molecule has 1 aliphatic heterocycles. The molecule has 0 aliphatic carbocycles. The van der Waals surface area contributed by atoms with Crippen molar-refractivity contribution in [3.63, 3.8) is 0 Å². The van der Waals surface area contributed by atoms with E-state index in [4.69, 9.17) is 10.5 Å². The Kier molecular flexibility index (Phi) is 3.18.